The summed E-state index contributed by atoms with van der Waals surface area (Å²) >= 11 is 6.03. The fourth-order valence-electron chi connectivity index (χ4n) is 1.53. The molecule has 0 unspecified atom stereocenters. The average Bonchev–Trinajstić information content (AvgIpc) is 3.04. The lowest BCUT2D eigenvalue weighted by atomic mass is 10.2. The van der Waals surface area contributed by atoms with Gasteiger partial charge in [0.05, 0.1) is 11.6 Å². The first-order valence-corrected chi connectivity index (χ1v) is 5.81. The Balaban J connectivity index is 1.95. The number of nitrogens with two attached hydrogens (primary N) is 1. The van der Waals surface area contributed by atoms with Crippen LogP contribution in [0.2, 0.25) is 5.02 Å². The van der Waals surface area contributed by atoms with Gasteiger partial charge < -0.3 is 10.5 Å². The van der Waals surface area contributed by atoms with Crippen molar-refractivity contribution in [3.05, 3.63) is 28.8 Å². The predicted octanol–water partition coefficient (Wildman–Crippen LogP) is 2.80. The first-order valence-electron chi connectivity index (χ1n) is 5.43. The largest absolute Gasteiger partial charge is 0.492 e. The van der Waals surface area contributed by atoms with Crippen molar-refractivity contribution in [2.75, 3.05) is 6.61 Å². The van der Waals surface area contributed by atoms with E-state index in [0.717, 1.165) is 12.3 Å². The quantitative estimate of drug-likeness (QED) is 0.612. The summed E-state index contributed by atoms with van der Waals surface area (Å²) in [7, 11) is 0. The zero-order valence-electron chi connectivity index (χ0n) is 9.00. The van der Waals surface area contributed by atoms with Gasteiger partial charge in [-0.15, -0.1) is 0 Å². The normalized spacial score (nSPS) is 14.8. The van der Waals surface area contributed by atoms with Crippen LogP contribution in [0.1, 0.15) is 24.8 Å². The maximum absolute atomic E-state index is 7.28. The maximum atomic E-state index is 7.28. The molecule has 0 aliphatic heterocycles. The molecular weight excluding hydrogens is 224 g/mol. The zero-order chi connectivity index (χ0) is 11.5. The van der Waals surface area contributed by atoms with Crippen molar-refractivity contribution in [2.45, 2.75) is 19.3 Å². The van der Waals surface area contributed by atoms with E-state index in [1.165, 1.54) is 12.8 Å². The number of ether oxygens (including phenoxy) is 1. The van der Waals surface area contributed by atoms with Gasteiger partial charge in [-0.3, -0.25) is 5.41 Å². The minimum Gasteiger partial charge on any atom is -0.492 e. The number of hydrogen-bond donors (Lipinski definition) is 2. The Kier molecular flexibility index (Phi) is 3.34. The Morgan fingerprint density at radius 1 is 1.50 bits per heavy atom. The summed E-state index contributed by atoms with van der Waals surface area (Å²) in [5.74, 6) is 1.55. The standard InChI is InChI=1S/C12H15ClN2O/c13-10-7-9(12(14)15)3-4-11(10)16-6-5-8-1-2-8/h3-4,7-8H,1-2,5-6H2,(H3,14,15). The van der Waals surface area contributed by atoms with E-state index in [-0.39, 0.29) is 5.84 Å². The van der Waals surface area contributed by atoms with Gasteiger partial charge in [0.1, 0.15) is 11.6 Å². The highest BCUT2D eigenvalue weighted by Gasteiger charge is 2.20. The van der Waals surface area contributed by atoms with Gasteiger partial charge >= 0.3 is 0 Å². The van der Waals surface area contributed by atoms with Gasteiger partial charge in [0, 0.05) is 5.56 Å². The number of halogens is 1. The van der Waals surface area contributed by atoms with Crippen molar-refractivity contribution in [2.24, 2.45) is 11.7 Å². The van der Waals surface area contributed by atoms with Crippen LogP contribution in [-0.4, -0.2) is 12.4 Å². The summed E-state index contributed by atoms with van der Waals surface area (Å²) in [5.41, 5.74) is 5.99. The van der Waals surface area contributed by atoms with E-state index in [2.05, 4.69) is 0 Å². The molecule has 1 aromatic rings. The van der Waals surface area contributed by atoms with E-state index in [4.69, 9.17) is 27.5 Å². The van der Waals surface area contributed by atoms with Crippen molar-refractivity contribution < 1.29 is 4.74 Å². The number of benzene rings is 1. The second-order valence-corrected chi connectivity index (χ2v) is 4.55. The molecule has 0 spiro atoms. The van der Waals surface area contributed by atoms with Crippen molar-refractivity contribution in [3.63, 3.8) is 0 Å². The zero-order valence-corrected chi connectivity index (χ0v) is 9.76. The summed E-state index contributed by atoms with van der Waals surface area (Å²) in [6.45, 7) is 0.712. The molecule has 1 aromatic carbocycles. The molecular formula is C12H15ClN2O. The number of amidine groups is 1. The lowest BCUT2D eigenvalue weighted by Crippen LogP contribution is -2.10. The van der Waals surface area contributed by atoms with Crippen molar-refractivity contribution in [3.8, 4) is 5.75 Å². The Hall–Kier alpha value is -1.22. The summed E-state index contributed by atoms with van der Waals surface area (Å²) in [4.78, 5) is 0. The second kappa shape index (κ2) is 4.74. The summed E-state index contributed by atoms with van der Waals surface area (Å²) in [5, 5.41) is 7.80. The number of nitrogen functional groups attached to an aromatic ring is 1. The molecule has 86 valence electrons. The topological polar surface area (TPSA) is 59.1 Å². The van der Waals surface area contributed by atoms with Crippen molar-refractivity contribution in [1.82, 2.24) is 0 Å². The second-order valence-electron chi connectivity index (χ2n) is 4.14. The van der Waals surface area contributed by atoms with Gasteiger partial charge in [0.2, 0.25) is 0 Å². The van der Waals surface area contributed by atoms with E-state index in [9.17, 15) is 0 Å². The van der Waals surface area contributed by atoms with Gasteiger partial charge in [0.25, 0.3) is 0 Å². The van der Waals surface area contributed by atoms with Crippen LogP contribution in [0.3, 0.4) is 0 Å². The minimum atomic E-state index is 0.0198. The van der Waals surface area contributed by atoms with Crippen molar-refractivity contribution >= 4 is 17.4 Å². The van der Waals surface area contributed by atoms with E-state index >= 15 is 0 Å². The molecule has 0 aromatic heterocycles. The van der Waals surface area contributed by atoms with Crippen LogP contribution in [0.25, 0.3) is 0 Å². The third kappa shape index (κ3) is 2.89. The molecule has 1 aliphatic carbocycles. The average molecular weight is 239 g/mol. The Labute approximate surface area is 100 Å². The first kappa shape index (κ1) is 11.3. The van der Waals surface area contributed by atoms with E-state index in [1.54, 1.807) is 18.2 Å². The van der Waals surface area contributed by atoms with Crippen LogP contribution in [0.15, 0.2) is 18.2 Å². The molecule has 16 heavy (non-hydrogen) atoms. The predicted molar refractivity (Wildman–Crippen MR) is 65.3 cm³/mol. The molecule has 0 amide bonds. The number of nitrogens with one attached hydrogen (secondary N) is 1. The fraction of sp³-hybridized carbons (Fsp3) is 0.417. The Morgan fingerprint density at radius 2 is 2.25 bits per heavy atom. The fourth-order valence-corrected chi connectivity index (χ4v) is 1.76. The Bertz CT molecular complexity index is 402. The lowest BCUT2D eigenvalue weighted by Gasteiger charge is -2.08. The molecule has 0 heterocycles. The van der Waals surface area contributed by atoms with Crippen LogP contribution in [0, 0.1) is 11.3 Å². The van der Waals surface area contributed by atoms with Gasteiger partial charge in [-0.05, 0) is 30.5 Å². The summed E-state index contributed by atoms with van der Waals surface area (Å²) in [6.07, 6.45) is 3.77. The SMILES string of the molecule is N=C(N)c1ccc(OCCC2CC2)c(Cl)c1. The van der Waals surface area contributed by atoms with Gasteiger partial charge in [-0.2, -0.15) is 0 Å². The molecule has 0 atom stereocenters. The van der Waals surface area contributed by atoms with Gasteiger partial charge in [-0.25, -0.2) is 0 Å². The van der Waals surface area contributed by atoms with Crippen LogP contribution >= 0.6 is 11.6 Å². The maximum Gasteiger partial charge on any atom is 0.137 e. The first-order chi connectivity index (χ1) is 7.66. The minimum absolute atomic E-state index is 0.0198. The highest BCUT2D eigenvalue weighted by molar-refractivity contribution is 6.32. The summed E-state index contributed by atoms with van der Waals surface area (Å²) < 4.78 is 5.58. The van der Waals surface area contributed by atoms with E-state index in [0.29, 0.717) is 22.9 Å². The molecule has 0 radical (unpaired) electrons. The van der Waals surface area contributed by atoms with Crippen molar-refractivity contribution in [1.29, 1.82) is 5.41 Å². The highest BCUT2D eigenvalue weighted by Crippen LogP contribution is 2.33. The molecule has 3 nitrogen and oxygen atoms in total. The van der Waals surface area contributed by atoms with Crippen LogP contribution in [0.5, 0.6) is 5.75 Å². The summed E-state index contributed by atoms with van der Waals surface area (Å²) in [6, 6.07) is 5.18. The smallest absolute Gasteiger partial charge is 0.137 e. The molecule has 2 rings (SSSR count). The van der Waals surface area contributed by atoms with Crippen LogP contribution in [-0.2, 0) is 0 Å². The Morgan fingerprint density at radius 3 is 2.81 bits per heavy atom. The van der Waals surface area contributed by atoms with E-state index < -0.39 is 0 Å². The highest BCUT2D eigenvalue weighted by atomic mass is 35.5. The third-order valence-electron chi connectivity index (χ3n) is 2.72. The van der Waals surface area contributed by atoms with Gasteiger partial charge in [0.15, 0.2) is 0 Å². The molecule has 3 N–H and O–H groups in total. The molecule has 1 aliphatic rings. The van der Waals surface area contributed by atoms with E-state index in [1.807, 2.05) is 0 Å². The number of hydrogen-bond acceptors (Lipinski definition) is 2. The molecule has 0 saturated heterocycles. The number of rotatable bonds is 5. The monoisotopic (exact) mass is 238 g/mol. The van der Waals surface area contributed by atoms with Crippen LogP contribution < -0.4 is 10.5 Å². The molecule has 4 heteroatoms. The van der Waals surface area contributed by atoms with Gasteiger partial charge in [-0.1, -0.05) is 24.4 Å². The third-order valence-corrected chi connectivity index (χ3v) is 3.02. The lowest BCUT2D eigenvalue weighted by molar-refractivity contribution is 0.302. The molecule has 1 saturated carbocycles. The molecule has 1 fully saturated rings. The van der Waals surface area contributed by atoms with Crippen LogP contribution in [0.4, 0.5) is 0 Å². The molecule has 0 bridgehead atoms.